The van der Waals surface area contributed by atoms with Crippen molar-refractivity contribution in [1.82, 2.24) is 9.47 Å². The van der Waals surface area contributed by atoms with Crippen LogP contribution in [0.25, 0.3) is 10.9 Å². The number of rotatable bonds is 6. The number of carbonyl (C=O) groups excluding carboxylic acids is 2. The molecule has 2 amide bonds. The summed E-state index contributed by atoms with van der Waals surface area (Å²) in [6, 6.07) is 8.90. The van der Waals surface area contributed by atoms with Crippen LogP contribution in [0.15, 0.2) is 53.6 Å². The highest BCUT2D eigenvalue weighted by Gasteiger charge is 2.32. The molecule has 38 heavy (non-hydrogen) atoms. The fraction of sp³-hybridized carbons (Fsp3) is 0.360. The van der Waals surface area contributed by atoms with Crippen LogP contribution in [0.2, 0.25) is 5.02 Å². The van der Waals surface area contributed by atoms with Gasteiger partial charge in [0.15, 0.2) is 9.84 Å². The number of ether oxygens (including phenoxy) is 1. The van der Waals surface area contributed by atoms with E-state index in [0.29, 0.717) is 30.1 Å². The minimum absolute atomic E-state index is 0.123. The molecular weight excluding hydrogens is 547 g/mol. The number of hydrogen-bond acceptors (Lipinski definition) is 5. The van der Waals surface area contributed by atoms with Gasteiger partial charge in [-0.15, -0.1) is 0 Å². The Kier molecular flexibility index (Phi) is 7.78. The van der Waals surface area contributed by atoms with Crippen molar-refractivity contribution < 1.29 is 35.9 Å². The van der Waals surface area contributed by atoms with Gasteiger partial charge in [0.25, 0.3) is 0 Å². The predicted octanol–water partition coefficient (Wildman–Crippen LogP) is 4.36. The SMILES string of the molecule is CC1CN(C(=O)Cn2cc(S(=O)(=O)CC(=O)Nc3cc(C(F)(F)F)ccc3Cl)c3ccccc32)CC(C)O1. The number of morpholine rings is 1. The van der Waals surface area contributed by atoms with Crippen LogP contribution in [0.4, 0.5) is 18.9 Å². The van der Waals surface area contributed by atoms with Crippen molar-refractivity contribution in [1.29, 1.82) is 0 Å². The van der Waals surface area contributed by atoms with Gasteiger partial charge in [0.1, 0.15) is 12.3 Å². The van der Waals surface area contributed by atoms with Crippen LogP contribution in [0.1, 0.15) is 19.4 Å². The van der Waals surface area contributed by atoms with Crippen molar-refractivity contribution in [3.63, 3.8) is 0 Å². The largest absolute Gasteiger partial charge is 0.416 e. The minimum atomic E-state index is -4.67. The smallest absolute Gasteiger partial charge is 0.372 e. The van der Waals surface area contributed by atoms with Gasteiger partial charge in [-0.2, -0.15) is 13.2 Å². The summed E-state index contributed by atoms with van der Waals surface area (Å²) in [5.74, 6) is -2.32. The van der Waals surface area contributed by atoms with Gasteiger partial charge < -0.3 is 19.5 Å². The minimum Gasteiger partial charge on any atom is -0.372 e. The first-order valence-electron chi connectivity index (χ1n) is 11.6. The third-order valence-electron chi connectivity index (χ3n) is 6.05. The second-order valence-electron chi connectivity index (χ2n) is 9.19. The molecule has 2 atom stereocenters. The average Bonchev–Trinajstić information content (AvgIpc) is 3.18. The standard InChI is InChI=1S/C25H25ClF3N3O5S/c1-15-10-32(11-16(2)37-15)24(34)13-31-12-22(18-5-3-4-6-21(18)31)38(35,36)14-23(33)30-20-9-17(25(27,28)29)7-8-19(20)26/h3-9,12,15-16H,10-11,13-14H2,1-2H3,(H,30,33). The Morgan fingerprint density at radius 3 is 2.42 bits per heavy atom. The average molecular weight is 572 g/mol. The molecule has 4 rings (SSSR count). The Morgan fingerprint density at radius 2 is 1.76 bits per heavy atom. The third-order valence-corrected chi connectivity index (χ3v) is 8.02. The number of benzene rings is 2. The number of sulfone groups is 1. The Hall–Kier alpha value is -3.09. The predicted molar refractivity (Wildman–Crippen MR) is 136 cm³/mol. The number of nitrogens with zero attached hydrogens (tertiary/aromatic N) is 2. The van der Waals surface area contributed by atoms with Gasteiger partial charge in [-0.1, -0.05) is 29.8 Å². The van der Waals surface area contributed by atoms with Gasteiger partial charge in [-0.3, -0.25) is 9.59 Å². The fourth-order valence-electron chi connectivity index (χ4n) is 4.45. The van der Waals surface area contributed by atoms with E-state index in [-0.39, 0.29) is 40.3 Å². The van der Waals surface area contributed by atoms with Crippen molar-refractivity contribution in [3.8, 4) is 0 Å². The van der Waals surface area contributed by atoms with E-state index in [2.05, 4.69) is 5.32 Å². The molecule has 0 aliphatic carbocycles. The number of amides is 2. The van der Waals surface area contributed by atoms with Crippen molar-refractivity contribution in [3.05, 3.63) is 59.2 Å². The van der Waals surface area contributed by atoms with Crippen LogP contribution in [-0.4, -0.2) is 60.7 Å². The number of fused-ring (bicyclic) bond motifs is 1. The molecule has 1 saturated heterocycles. The van der Waals surface area contributed by atoms with E-state index in [4.69, 9.17) is 16.3 Å². The number of aromatic nitrogens is 1. The summed E-state index contributed by atoms with van der Waals surface area (Å²) < 4.78 is 72.8. The molecule has 2 aromatic carbocycles. The van der Waals surface area contributed by atoms with Crippen LogP contribution in [0.3, 0.4) is 0 Å². The molecule has 204 valence electrons. The first-order chi connectivity index (χ1) is 17.7. The van der Waals surface area contributed by atoms with E-state index in [1.807, 2.05) is 13.8 Å². The molecule has 8 nitrogen and oxygen atoms in total. The molecule has 1 N–H and O–H groups in total. The summed E-state index contributed by atoms with van der Waals surface area (Å²) in [6.45, 7) is 4.42. The van der Waals surface area contributed by atoms with Crippen molar-refractivity contribution in [2.75, 3.05) is 24.2 Å². The van der Waals surface area contributed by atoms with E-state index in [1.165, 1.54) is 10.8 Å². The maximum Gasteiger partial charge on any atom is 0.416 e. The number of nitrogens with one attached hydrogen (secondary N) is 1. The second kappa shape index (κ2) is 10.6. The topological polar surface area (TPSA) is 97.7 Å². The Morgan fingerprint density at radius 1 is 1.11 bits per heavy atom. The second-order valence-corrected chi connectivity index (χ2v) is 11.6. The molecule has 2 heterocycles. The van der Waals surface area contributed by atoms with Gasteiger partial charge in [0.05, 0.1) is 33.4 Å². The number of alkyl halides is 3. The molecule has 13 heteroatoms. The maximum atomic E-state index is 13.2. The van der Waals surface area contributed by atoms with Crippen LogP contribution in [0.5, 0.6) is 0 Å². The summed E-state index contributed by atoms with van der Waals surface area (Å²) in [7, 11) is -4.26. The molecule has 0 radical (unpaired) electrons. The quantitative estimate of drug-likeness (QED) is 0.474. The lowest BCUT2D eigenvalue weighted by molar-refractivity contribution is -0.143. The lowest BCUT2D eigenvalue weighted by atomic mass is 10.2. The van der Waals surface area contributed by atoms with Crippen LogP contribution >= 0.6 is 11.6 Å². The van der Waals surface area contributed by atoms with Crippen LogP contribution < -0.4 is 5.32 Å². The molecule has 0 spiro atoms. The van der Waals surface area contributed by atoms with Crippen LogP contribution in [0, 0.1) is 0 Å². The molecule has 2 unspecified atom stereocenters. The van der Waals surface area contributed by atoms with E-state index < -0.39 is 33.2 Å². The molecule has 1 fully saturated rings. The molecule has 1 aliphatic heterocycles. The lowest BCUT2D eigenvalue weighted by Crippen LogP contribution is -2.49. The maximum absolute atomic E-state index is 13.2. The number of para-hydroxylation sites is 1. The molecule has 1 aromatic heterocycles. The highest BCUT2D eigenvalue weighted by molar-refractivity contribution is 7.92. The van der Waals surface area contributed by atoms with Gasteiger partial charge >= 0.3 is 6.18 Å². The number of hydrogen-bond donors (Lipinski definition) is 1. The first kappa shape index (κ1) is 27.9. The summed E-state index contributed by atoms with van der Waals surface area (Å²) >= 11 is 5.91. The Labute approximate surface area is 222 Å². The van der Waals surface area contributed by atoms with E-state index >= 15 is 0 Å². The Bertz CT molecular complexity index is 1480. The molecule has 1 aliphatic rings. The molecule has 3 aromatic rings. The third kappa shape index (κ3) is 6.13. The number of anilines is 1. The van der Waals surface area contributed by atoms with Crippen LogP contribution in [-0.2, 0) is 36.9 Å². The zero-order valence-corrected chi connectivity index (χ0v) is 22.0. The zero-order chi connectivity index (χ0) is 27.8. The lowest BCUT2D eigenvalue weighted by Gasteiger charge is -2.35. The van der Waals surface area contributed by atoms with Gasteiger partial charge in [0, 0.05) is 30.2 Å². The monoisotopic (exact) mass is 571 g/mol. The molecule has 0 bridgehead atoms. The zero-order valence-electron chi connectivity index (χ0n) is 20.5. The summed E-state index contributed by atoms with van der Waals surface area (Å²) in [6.07, 6.45) is -3.64. The summed E-state index contributed by atoms with van der Waals surface area (Å²) in [5, 5.41) is 2.30. The van der Waals surface area contributed by atoms with Crippen molar-refractivity contribution >= 4 is 49.8 Å². The Balaban J connectivity index is 1.57. The van der Waals surface area contributed by atoms with Gasteiger partial charge in [-0.05, 0) is 38.1 Å². The van der Waals surface area contributed by atoms with E-state index in [1.54, 1.807) is 29.2 Å². The molecular formula is C25H25ClF3N3O5S. The van der Waals surface area contributed by atoms with Gasteiger partial charge in [0.2, 0.25) is 11.8 Å². The fourth-order valence-corrected chi connectivity index (χ4v) is 5.99. The first-order valence-corrected chi connectivity index (χ1v) is 13.7. The number of halogens is 4. The molecule has 0 saturated carbocycles. The summed E-state index contributed by atoms with van der Waals surface area (Å²) in [5.41, 5.74) is -0.921. The normalized spacial score (nSPS) is 18.5. The van der Waals surface area contributed by atoms with Crippen molar-refractivity contribution in [2.45, 2.75) is 43.7 Å². The highest BCUT2D eigenvalue weighted by atomic mass is 35.5. The number of carbonyl (C=O) groups is 2. The van der Waals surface area contributed by atoms with E-state index in [0.717, 1.165) is 12.1 Å². The highest BCUT2D eigenvalue weighted by Crippen LogP contribution is 2.34. The van der Waals surface area contributed by atoms with Crippen molar-refractivity contribution in [2.24, 2.45) is 0 Å². The van der Waals surface area contributed by atoms with Gasteiger partial charge in [-0.25, -0.2) is 8.42 Å². The van der Waals surface area contributed by atoms with E-state index in [9.17, 15) is 31.2 Å². The summed E-state index contributed by atoms with van der Waals surface area (Å²) in [4.78, 5) is 27.1.